The maximum atomic E-state index is 4.08. The fourth-order valence-electron chi connectivity index (χ4n) is 0.495. The van der Waals surface area contributed by atoms with Crippen molar-refractivity contribution < 1.29 is 20.9 Å². The van der Waals surface area contributed by atoms with Crippen molar-refractivity contribution in [2.24, 2.45) is 3.34 Å². The summed E-state index contributed by atoms with van der Waals surface area (Å²) in [6, 6.07) is 9.98. The van der Waals surface area contributed by atoms with Crippen LogP contribution in [0.25, 0.3) is 0 Å². The molecule has 0 saturated carbocycles. The molecule has 1 nitrogen and oxygen atoms in total. The Balaban J connectivity index is 2.99. The van der Waals surface area contributed by atoms with Crippen molar-refractivity contribution in [3.05, 3.63) is 30.3 Å². The Morgan fingerprint density at radius 2 is 1.75 bits per heavy atom. The standard InChI is InChI=1S/C6H5N.Ta/c7-6-4-2-1-3-5-6;/h1-5H;. The first-order valence-corrected chi connectivity index (χ1v) is 3.77. The number of hydrogen-bond acceptors (Lipinski definition) is 1. The first kappa shape index (κ1) is 5.89. The molecule has 2 heteroatoms. The summed E-state index contributed by atoms with van der Waals surface area (Å²) in [5.41, 5.74) is 1.08. The molecule has 1 aromatic carbocycles. The third-order valence-corrected chi connectivity index (χ3v) is 1.70. The first-order valence-electron chi connectivity index (χ1n) is 2.33. The van der Waals surface area contributed by atoms with Gasteiger partial charge in [0.05, 0.1) is 0 Å². The van der Waals surface area contributed by atoms with Gasteiger partial charge in [0.15, 0.2) is 0 Å². The summed E-state index contributed by atoms with van der Waals surface area (Å²) in [6.07, 6.45) is 0. The molecule has 0 saturated heterocycles. The quantitative estimate of drug-likeness (QED) is 0.742. The second kappa shape index (κ2) is 2.92. The second-order valence-electron chi connectivity index (χ2n) is 1.44. The van der Waals surface area contributed by atoms with Crippen molar-refractivity contribution in [3.63, 3.8) is 0 Å². The van der Waals surface area contributed by atoms with Crippen LogP contribution in [0.3, 0.4) is 0 Å². The van der Waals surface area contributed by atoms with E-state index in [4.69, 9.17) is 0 Å². The van der Waals surface area contributed by atoms with Gasteiger partial charge < -0.3 is 0 Å². The third kappa shape index (κ3) is 1.37. The van der Waals surface area contributed by atoms with Crippen LogP contribution in [0.15, 0.2) is 33.7 Å². The Kier molecular flexibility index (Phi) is 2.15. The Morgan fingerprint density at radius 1 is 1.12 bits per heavy atom. The van der Waals surface area contributed by atoms with Gasteiger partial charge in [-0.3, -0.25) is 0 Å². The van der Waals surface area contributed by atoms with E-state index in [1.165, 1.54) is 0 Å². The van der Waals surface area contributed by atoms with Gasteiger partial charge in [0, 0.05) is 0 Å². The molecule has 1 rings (SSSR count). The van der Waals surface area contributed by atoms with E-state index >= 15 is 0 Å². The van der Waals surface area contributed by atoms with Crippen molar-refractivity contribution >= 4 is 5.69 Å². The van der Waals surface area contributed by atoms with Crippen molar-refractivity contribution in [1.82, 2.24) is 0 Å². The molecule has 0 atom stereocenters. The molecule has 0 aliphatic heterocycles. The van der Waals surface area contributed by atoms with E-state index in [-0.39, 0.29) is 0 Å². The van der Waals surface area contributed by atoms with Gasteiger partial charge in [-0.25, -0.2) is 0 Å². The van der Waals surface area contributed by atoms with Crippen LogP contribution in [0.1, 0.15) is 0 Å². The fourth-order valence-corrected chi connectivity index (χ4v) is 0.974. The minimum absolute atomic E-state index is 1.08. The van der Waals surface area contributed by atoms with Gasteiger partial charge in [-0.05, 0) is 0 Å². The molecule has 0 aliphatic rings. The Morgan fingerprint density at radius 3 is 2.12 bits per heavy atom. The summed E-state index contributed by atoms with van der Waals surface area (Å²) in [4.78, 5) is 0. The van der Waals surface area contributed by atoms with Crippen LogP contribution in [0.5, 0.6) is 0 Å². The zero-order valence-electron chi connectivity index (χ0n) is 4.28. The summed E-state index contributed by atoms with van der Waals surface area (Å²) >= 11 is 1.08. The Bertz CT molecular complexity index is 171. The van der Waals surface area contributed by atoms with Crippen LogP contribution in [0, 0.1) is 0 Å². The van der Waals surface area contributed by atoms with E-state index in [1.807, 2.05) is 30.3 Å². The van der Waals surface area contributed by atoms with Crippen LogP contribution in [-0.4, -0.2) is 0 Å². The summed E-state index contributed by atoms with van der Waals surface area (Å²) in [5, 5.41) is 0. The molecule has 0 bridgehead atoms. The molecule has 0 spiro atoms. The molecule has 0 aromatic heterocycles. The predicted octanol–water partition coefficient (Wildman–Crippen LogP) is 2.05. The number of rotatable bonds is 1. The SMILES string of the molecule is [Ta]=[N]c1ccccc1. The fraction of sp³-hybridized carbons (Fsp3) is 0. The number of benzene rings is 1. The average molecular weight is 272 g/mol. The Hall–Kier alpha value is -0.240. The third-order valence-electron chi connectivity index (χ3n) is 0.872. The summed E-state index contributed by atoms with van der Waals surface area (Å²) in [5.74, 6) is 0. The van der Waals surface area contributed by atoms with Gasteiger partial charge in [-0.2, -0.15) is 0 Å². The van der Waals surface area contributed by atoms with Crippen molar-refractivity contribution in [3.8, 4) is 0 Å². The minimum atomic E-state index is 1.08. The number of hydrogen-bond donors (Lipinski definition) is 0. The van der Waals surface area contributed by atoms with Crippen LogP contribution in [-0.2, 0) is 20.9 Å². The van der Waals surface area contributed by atoms with Gasteiger partial charge in [-0.1, -0.05) is 0 Å². The van der Waals surface area contributed by atoms with Gasteiger partial charge in [0.2, 0.25) is 0 Å². The first-order chi connectivity index (χ1) is 3.93. The van der Waals surface area contributed by atoms with E-state index < -0.39 is 0 Å². The molecular formula is C6H5NTa. The zero-order valence-corrected chi connectivity index (χ0v) is 7.49. The molecular weight excluding hydrogens is 267 g/mol. The second-order valence-corrected chi connectivity index (χ2v) is 2.15. The van der Waals surface area contributed by atoms with E-state index in [2.05, 4.69) is 3.34 Å². The summed E-state index contributed by atoms with van der Waals surface area (Å²) < 4.78 is 4.08. The van der Waals surface area contributed by atoms with E-state index in [9.17, 15) is 0 Å². The van der Waals surface area contributed by atoms with E-state index in [1.54, 1.807) is 0 Å². The molecule has 8 heavy (non-hydrogen) atoms. The van der Waals surface area contributed by atoms with Gasteiger partial charge in [0.25, 0.3) is 0 Å². The van der Waals surface area contributed by atoms with Crippen LogP contribution in [0.4, 0.5) is 5.69 Å². The average Bonchev–Trinajstić information content (AvgIpc) is 1.90. The molecule has 1 aromatic rings. The molecule has 39 valence electrons. The van der Waals surface area contributed by atoms with Crippen molar-refractivity contribution in [1.29, 1.82) is 0 Å². The van der Waals surface area contributed by atoms with E-state index in [0.29, 0.717) is 0 Å². The molecule has 0 aliphatic carbocycles. The molecule has 0 fully saturated rings. The topological polar surface area (TPSA) is 12.4 Å². The van der Waals surface area contributed by atoms with Crippen LogP contribution >= 0.6 is 0 Å². The van der Waals surface area contributed by atoms with Crippen LogP contribution in [0.2, 0.25) is 0 Å². The van der Waals surface area contributed by atoms with Gasteiger partial charge >= 0.3 is 60.2 Å². The van der Waals surface area contributed by atoms with Crippen molar-refractivity contribution in [2.75, 3.05) is 0 Å². The summed E-state index contributed by atoms with van der Waals surface area (Å²) in [7, 11) is 0. The van der Waals surface area contributed by atoms with Crippen molar-refractivity contribution in [2.45, 2.75) is 0 Å². The predicted molar refractivity (Wildman–Crippen MR) is 28.5 cm³/mol. The van der Waals surface area contributed by atoms with E-state index in [0.717, 1.165) is 26.6 Å². The number of nitrogens with zero attached hydrogens (tertiary/aromatic N) is 1. The van der Waals surface area contributed by atoms with Gasteiger partial charge in [-0.15, -0.1) is 0 Å². The molecule has 0 radical (unpaired) electrons. The molecule has 0 amide bonds. The molecule has 0 unspecified atom stereocenters. The monoisotopic (exact) mass is 272 g/mol. The zero-order chi connectivity index (χ0) is 5.82. The maximum absolute atomic E-state index is 4.08. The molecule has 0 N–H and O–H groups in total. The molecule has 0 heterocycles. The van der Waals surface area contributed by atoms with Gasteiger partial charge in [0.1, 0.15) is 0 Å². The normalized spacial score (nSPS) is 8.38. The summed E-state index contributed by atoms with van der Waals surface area (Å²) in [6.45, 7) is 0. The Labute approximate surface area is 60.5 Å². The van der Waals surface area contributed by atoms with Crippen LogP contribution < -0.4 is 0 Å².